The summed E-state index contributed by atoms with van der Waals surface area (Å²) in [6, 6.07) is 0. The average molecular weight is 191 g/mol. The lowest BCUT2D eigenvalue weighted by Crippen LogP contribution is -2.20. The SMILES string of the molecule is Cl.NC(=O)c1nc[nH]c1C(N)=O. The molecule has 0 saturated heterocycles. The molecule has 1 aromatic rings. The summed E-state index contributed by atoms with van der Waals surface area (Å²) in [6.07, 6.45) is 1.18. The summed E-state index contributed by atoms with van der Waals surface area (Å²) in [5.41, 5.74) is 9.56. The second-order valence-corrected chi connectivity index (χ2v) is 1.85. The van der Waals surface area contributed by atoms with Crippen LogP contribution in [0.2, 0.25) is 0 Å². The monoisotopic (exact) mass is 190 g/mol. The lowest BCUT2D eigenvalue weighted by atomic mass is 10.3. The molecule has 0 radical (unpaired) electrons. The number of imidazole rings is 1. The second-order valence-electron chi connectivity index (χ2n) is 1.85. The summed E-state index contributed by atoms with van der Waals surface area (Å²) in [4.78, 5) is 27.0. The molecular formula is C5H7ClN4O2. The molecule has 0 fully saturated rings. The number of hydrogen-bond acceptors (Lipinski definition) is 3. The maximum Gasteiger partial charge on any atom is 0.269 e. The molecule has 0 bridgehead atoms. The molecular weight excluding hydrogens is 184 g/mol. The third-order valence-electron chi connectivity index (χ3n) is 1.12. The Labute approximate surface area is 73.7 Å². The number of H-pyrrole nitrogens is 1. The molecule has 0 aliphatic rings. The minimum atomic E-state index is -0.778. The van der Waals surface area contributed by atoms with Crippen molar-refractivity contribution in [2.75, 3.05) is 0 Å². The van der Waals surface area contributed by atoms with E-state index in [1.807, 2.05) is 0 Å². The first kappa shape index (κ1) is 10.4. The molecule has 0 saturated carbocycles. The number of carbonyl (C=O) groups excluding carboxylic acids is 2. The number of amides is 2. The van der Waals surface area contributed by atoms with Crippen molar-refractivity contribution in [1.29, 1.82) is 0 Å². The summed E-state index contributed by atoms with van der Waals surface area (Å²) in [7, 11) is 0. The van der Waals surface area contributed by atoms with Crippen LogP contribution in [0.5, 0.6) is 0 Å². The van der Waals surface area contributed by atoms with E-state index in [-0.39, 0.29) is 23.8 Å². The molecule has 0 unspecified atom stereocenters. The van der Waals surface area contributed by atoms with Crippen molar-refractivity contribution in [3.63, 3.8) is 0 Å². The molecule has 0 spiro atoms. The van der Waals surface area contributed by atoms with Crippen LogP contribution in [-0.2, 0) is 0 Å². The fourth-order valence-corrected chi connectivity index (χ4v) is 0.669. The third kappa shape index (κ3) is 1.73. The summed E-state index contributed by atoms with van der Waals surface area (Å²) in [5, 5.41) is 0. The Balaban J connectivity index is 0.00000121. The van der Waals surface area contributed by atoms with Crippen molar-refractivity contribution in [3.05, 3.63) is 17.7 Å². The van der Waals surface area contributed by atoms with E-state index in [4.69, 9.17) is 11.5 Å². The van der Waals surface area contributed by atoms with Crippen LogP contribution in [0.3, 0.4) is 0 Å². The van der Waals surface area contributed by atoms with Crippen molar-refractivity contribution < 1.29 is 9.59 Å². The van der Waals surface area contributed by atoms with Crippen LogP contribution >= 0.6 is 12.4 Å². The maximum absolute atomic E-state index is 10.5. The van der Waals surface area contributed by atoms with Gasteiger partial charge in [-0.25, -0.2) is 4.98 Å². The quantitative estimate of drug-likeness (QED) is 0.557. The summed E-state index contributed by atoms with van der Waals surface area (Å²) >= 11 is 0. The van der Waals surface area contributed by atoms with Crippen LogP contribution in [0.15, 0.2) is 6.33 Å². The highest BCUT2D eigenvalue weighted by Crippen LogP contribution is 1.99. The van der Waals surface area contributed by atoms with E-state index in [2.05, 4.69) is 9.97 Å². The largest absolute Gasteiger partial charge is 0.364 e. The molecule has 0 aromatic carbocycles. The van der Waals surface area contributed by atoms with Gasteiger partial charge in [0.1, 0.15) is 5.69 Å². The molecule has 6 nitrogen and oxygen atoms in total. The van der Waals surface area contributed by atoms with Crippen molar-refractivity contribution in [3.8, 4) is 0 Å². The van der Waals surface area contributed by atoms with Gasteiger partial charge in [-0.1, -0.05) is 0 Å². The van der Waals surface area contributed by atoms with Gasteiger partial charge in [0.05, 0.1) is 6.33 Å². The zero-order chi connectivity index (χ0) is 8.43. The molecule has 0 atom stereocenters. The van der Waals surface area contributed by atoms with Crippen LogP contribution in [0.4, 0.5) is 0 Å². The highest BCUT2D eigenvalue weighted by atomic mass is 35.5. The van der Waals surface area contributed by atoms with E-state index in [9.17, 15) is 9.59 Å². The van der Waals surface area contributed by atoms with E-state index in [1.54, 1.807) is 0 Å². The van der Waals surface area contributed by atoms with Gasteiger partial charge < -0.3 is 16.5 Å². The molecule has 0 aliphatic carbocycles. The van der Waals surface area contributed by atoms with Gasteiger partial charge in [0.15, 0.2) is 5.69 Å². The van der Waals surface area contributed by atoms with E-state index in [0.717, 1.165) is 0 Å². The standard InChI is InChI=1S/C5H6N4O2.ClH/c6-4(10)2-3(5(7)11)9-1-8-2;/h1H,(H2,6,10)(H2,7,11)(H,8,9);1H. The average Bonchev–Trinajstić information content (AvgIpc) is 2.32. The minimum Gasteiger partial charge on any atom is -0.364 e. The van der Waals surface area contributed by atoms with Crippen molar-refractivity contribution in [2.24, 2.45) is 11.5 Å². The van der Waals surface area contributed by atoms with Crippen LogP contribution in [0.25, 0.3) is 0 Å². The number of halogens is 1. The highest BCUT2D eigenvalue weighted by molar-refractivity contribution is 6.03. The predicted octanol–water partition coefficient (Wildman–Crippen LogP) is -0.971. The van der Waals surface area contributed by atoms with Gasteiger partial charge in [-0.2, -0.15) is 0 Å². The molecule has 0 aliphatic heterocycles. The number of carbonyl (C=O) groups is 2. The first-order chi connectivity index (χ1) is 5.13. The second kappa shape index (κ2) is 3.72. The van der Waals surface area contributed by atoms with Crippen LogP contribution in [0, 0.1) is 0 Å². The molecule has 1 heterocycles. The van der Waals surface area contributed by atoms with E-state index >= 15 is 0 Å². The van der Waals surface area contributed by atoms with E-state index in [0.29, 0.717) is 0 Å². The Morgan fingerprint density at radius 1 is 1.33 bits per heavy atom. The third-order valence-corrected chi connectivity index (χ3v) is 1.12. The van der Waals surface area contributed by atoms with Crippen molar-refractivity contribution in [2.45, 2.75) is 0 Å². The van der Waals surface area contributed by atoms with Crippen LogP contribution in [0.1, 0.15) is 21.0 Å². The van der Waals surface area contributed by atoms with Gasteiger partial charge in [0, 0.05) is 0 Å². The summed E-state index contributed by atoms with van der Waals surface area (Å²) < 4.78 is 0. The Kier molecular flexibility index (Phi) is 3.24. The zero-order valence-electron chi connectivity index (χ0n) is 5.90. The lowest BCUT2D eigenvalue weighted by Gasteiger charge is -1.90. The Morgan fingerprint density at radius 3 is 2.25 bits per heavy atom. The Bertz CT molecular complexity index is 280. The van der Waals surface area contributed by atoms with Gasteiger partial charge in [0.25, 0.3) is 11.8 Å². The number of nitrogens with zero attached hydrogens (tertiary/aromatic N) is 1. The number of nitrogens with two attached hydrogens (primary N) is 2. The van der Waals surface area contributed by atoms with Crippen molar-refractivity contribution in [1.82, 2.24) is 9.97 Å². The minimum absolute atomic E-state index is 0. The van der Waals surface area contributed by atoms with Gasteiger partial charge in [-0.3, -0.25) is 9.59 Å². The normalized spacial score (nSPS) is 8.67. The van der Waals surface area contributed by atoms with Gasteiger partial charge in [-0.15, -0.1) is 12.4 Å². The number of aromatic nitrogens is 2. The predicted molar refractivity (Wildman–Crippen MR) is 42.9 cm³/mol. The van der Waals surface area contributed by atoms with Gasteiger partial charge in [0.2, 0.25) is 0 Å². The van der Waals surface area contributed by atoms with Crippen molar-refractivity contribution >= 4 is 24.2 Å². The smallest absolute Gasteiger partial charge is 0.269 e. The first-order valence-electron chi connectivity index (χ1n) is 2.76. The molecule has 1 aromatic heterocycles. The van der Waals surface area contributed by atoms with Crippen LogP contribution in [-0.4, -0.2) is 21.8 Å². The van der Waals surface area contributed by atoms with Gasteiger partial charge in [-0.05, 0) is 0 Å². The molecule has 5 N–H and O–H groups in total. The van der Waals surface area contributed by atoms with Gasteiger partial charge >= 0.3 is 0 Å². The van der Waals surface area contributed by atoms with Crippen LogP contribution < -0.4 is 11.5 Å². The highest BCUT2D eigenvalue weighted by Gasteiger charge is 2.14. The number of rotatable bonds is 2. The summed E-state index contributed by atoms with van der Waals surface area (Å²) in [5.74, 6) is -1.53. The molecule has 1 rings (SSSR count). The molecule has 2 amide bonds. The molecule has 66 valence electrons. The Morgan fingerprint density at radius 2 is 1.92 bits per heavy atom. The lowest BCUT2D eigenvalue weighted by molar-refractivity contribution is 0.0962. The maximum atomic E-state index is 10.5. The first-order valence-corrected chi connectivity index (χ1v) is 2.76. The fourth-order valence-electron chi connectivity index (χ4n) is 0.669. The zero-order valence-corrected chi connectivity index (χ0v) is 6.72. The number of aromatic amines is 1. The number of nitrogens with one attached hydrogen (secondary N) is 1. The molecule has 7 heteroatoms. The van der Waals surface area contributed by atoms with E-state index < -0.39 is 11.8 Å². The summed E-state index contributed by atoms with van der Waals surface area (Å²) in [6.45, 7) is 0. The topological polar surface area (TPSA) is 115 Å². The number of primary amides is 2. The molecule has 12 heavy (non-hydrogen) atoms. The Hall–Kier alpha value is -1.56. The fraction of sp³-hybridized carbons (Fsp3) is 0. The number of hydrogen-bond donors (Lipinski definition) is 3. The van der Waals surface area contributed by atoms with E-state index in [1.165, 1.54) is 6.33 Å².